The van der Waals surface area contributed by atoms with Crippen LogP contribution in [0.25, 0.3) is 0 Å². The Morgan fingerprint density at radius 1 is 1.43 bits per heavy atom. The Labute approximate surface area is 85.8 Å². The van der Waals surface area contributed by atoms with Gasteiger partial charge in [-0.2, -0.15) is 5.10 Å². The van der Waals surface area contributed by atoms with E-state index in [4.69, 9.17) is 0 Å². The summed E-state index contributed by atoms with van der Waals surface area (Å²) in [6.45, 7) is 6.24. The molecule has 0 saturated heterocycles. The van der Waals surface area contributed by atoms with E-state index in [0.717, 1.165) is 30.7 Å². The minimum Gasteiger partial charge on any atom is -0.504 e. The van der Waals surface area contributed by atoms with Crippen LogP contribution in [-0.2, 0) is 13.5 Å². The van der Waals surface area contributed by atoms with Gasteiger partial charge < -0.3 is 5.11 Å². The summed E-state index contributed by atoms with van der Waals surface area (Å²) in [5, 5.41) is 14.3. The lowest BCUT2D eigenvalue weighted by Crippen LogP contribution is -1.98. The minimum atomic E-state index is 0.288. The Morgan fingerprint density at radius 3 is 2.50 bits per heavy atom. The zero-order valence-electron chi connectivity index (χ0n) is 9.54. The molecule has 0 unspecified atom stereocenters. The van der Waals surface area contributed by atoms with Crippen molar-refractivity contribution in [1.29, 1.82) is 0 Å². The number of hydrogen-bond acceptors (Lipinski definition) is 2. The molecular formula is C11H20N2O. The largest absolute Gasteiger partial charge is 0.504 e. The van der Waals surface area contributed by atoms with Gasteiger partial charge in [0.25, 0.3) is 0 Å². The van der Waals surface area contributed by atoms with E-state index >= 15 is 0 Å². The van der Waals surface area contributed by atoms with Crippen molar-refractivity contribution in [1.82, 2.24) is 9.78 Å². The van der Waals surface area contributed by atoms with Crippen LogP contribution in [0.1, 0.15) is 50.9 Å². The molecule has 14 heavy (non-hydrogen) atoms. The molecule has 0 spiro atoms. The third-order valence-electron chi connectivity index (χ3n) is 2.48. The van der Waals surface area contributed by atoms with E-state index in [0.29, 0.717) is 5.75 Å². The van der Waals surface area contributed by atoms with Crippen molar-refractivity contribution in [2.45, 2.75) is 46.0 Å². The van der Waals surface area contributed by atoms with Gasteiger partial charge in [-0.15, -0.1) is 0 Å². The summed E-state index contributed by atoms with van der Waals surface area (Å²) in [5.74, 6) is 0.688. The molecule has 0 bridgehead atoms. The van der Waals surface area contributed by atoms with Crippen LogP contribution in [0.3, 0.4) is 0 Å². The summed E-state index contributed by atoms with van der Waals surface area (Å²) in [6, 6.07) is 0. The lowest BCUT2D eigenvalue weighted by Gasteiger charge is -2.01. The third kappa shape index (κ3) is 2.08. The zero-order chi connectivity index (χ0) is 10.7. The van der Waals surface area contributed by atoms with Gasteiger partial charge >= 0.3 is 0 Å². The van der Waals surface area contributed by atoms with E-state index in [1.54, 1.807) is 4.68 Å². The molecular weight excluding hydrogens is 176 g/mol. The quantitative estimate of drug-likeness (QED) is 0.803. The van der Waals surface area contributed by atoms with E-state index in [-0.39, 0.29) is 5.92 Å². The SMILES string of the molecule is CCCCc1c(O)c(C(C)C)nn1C. The van der Waals surface area contributed by atoms with Crippen LogP contribution >= 0.6 is 0 Å². The normalized spacial score (nSPS) is 11.2. The molecule has 0 amide bonds. The van der Waals surface area contributed by atoms with Gasteiger partial charge in [0, 0.05) is 13.0 Å². The fourth-order valence-electron chi connectivity index (χ4n) is 1.58. The molecule has 1 heterocycles. The summed E-state index contributed by atoms with van der Waals surface area (Å²) in [4.78, 5) is 0. The molecule has 3 nitrogen and oxygen atoms in total. The van der Waals surface area contributed by atoms with E-state index < -0.39 is 0 Å². The topological polar surface area (TPSA) is 38.1 Å². The molecule has 80 valence electrons. The number of hydrogen-bond donors (Lipinski definition) is 1. The van der Waals surface area contributed by atoms with E-state index in [2.05, 4.69) is 12.0 Å². The van der Waals surface area contributed by atoms with Crippen molar-refractivity contribution in [2.24, 2.45) is 7.05 Å². The predicted octanol–water partition coefficient (Wildman–Crippen LogP) is 2.59. The van der Waals surface area contributed by atoms with Gasteiger partial charge in [-0.05, 0) is 12.8 Å². The predicted molar refractivity (Wildman–Crippen MR) is 57.6 cm³/mol. The van der Waals surface area contributed by atoms with E-state index in [9.17, 15) is 5.11 Å². The van der Waals surface area contributed by atoms with Gasteiger partial charge in [-0.1, -0.05) is 27.2 Å². The highest BCUT2D eigenvalue weighted by atomic mass is 16.3. The molecule has 1 rings (SSSR count). The first kappa shape index (κ1) is 11.1. The van der Waals surface area contributed by atoms with Crippen LogP contribution in [0.5, 0.6) is 5.75 Å². The van der Waals surface area contributed by atoms with Crippen LogP contribution in [0.15, 0.2) is 0 Å². The number of nitrogens with zero attached hydrogens (tertiary/aromatic N) is 2. The average molecular weight is 196 g/mol. The van der Waals surface area contributed by atoms with Gasteiger partial charge in [0.05, 0.1) is 5.69 Å². The van der Waals surface area contributed by atoms with Crippen LogP contribution < -0.4 is 0 Å². The number of aryl methyl sites for hydroxylation is 1. The standard InChI is InChI=1S/C11H20N2O/c1-5-6-7-9-11(14)10(8(2)3)12-13(9)4/h8,14H,5-7H2,1-4H3. The van der Waals surface area contributed by atoms with Crippen molar-refractivity contribution in [3.05, 3.63) is 11.4 Å². The van der Waals surface area contributed by atoms with Crippen LogP contribution in [0.2, 0.25) is 0 Å². The Kier molecular flexibility index (Phi) is 3.55. The van der Waals surface area contributed by atoms with Crippen molar-refractivity contribution < 1.29 is 5.11 Å². The first-order valence-electron chi connectivity index (χ1n) is 5.32. The minimum absolute atomic E-state index is 0.288. The lowest BCUT2D eigenvalue weighted by molar-refractivity contribution is 0.455. The second-order valence-electron chi connectivity index (χ2n) is 4.06. The molecule has 0 fully saturated rings. The first-order chi connectivity index (χ1) is 6.57. The fraction of sp³-hybridized carbons (Fsp3) is 0.727. The maximum Gasteiger partial charge on any atom is 0.160 e. The molecule has 1 aromatic heterocycles. The molecule has 1 N–H and O–H groups in total. The molecule has 1 aromatic rings. The van der Waals surface area contributed by atoms with Gasteiger partial charge in [0.15, 0.2) is 5.75 Å². The summed E-state index contributed by atoms with van der Waals surface area (Å²) >= 11 is 0. The Hall–Kier alpha value is -0.990. The second kappa shape index (κ2) is 4.49. The third-order valence-corrected chi connectivity index (χ3v) is 2.48. The number of unbranched alkanes of at least 4 members (excludes halogenated alkanes) is 1. The molecule has 0 aliphatic rings. The monoisotopic (exact) mass is 196 g/mol. The average Bonchev–Trinajstić information content (AvgIpc) is 2.40. The molecule has 0 aromatic carbocycles. The van der Waals surface area contributed by atoms with Gasteiger partial charge in [-0.25, -0.2) is 0 Å². The number of aromatic hydroxyl groups is 1. The fourth-order valence-corrected chi connectivity index (χ4v) is 1.58. The first-order valence-corrected chi connectivity index (χ1v) is 5.32. The molecule has 0 aliphatic carbocycles. The number of aromatic nitrogens is 2. The zero-order valence-corrected chi connectivity index (χ0v) is 9.54. The Bertz CT molecular complexity index is 302. The molecule has 0 aliphatic heterocycles. The summed E-state index contributed by atoms with van der Waals surface area (Å²) in [7, 11) is 1.90. The molecule has 3 heteroatoms. The second-order valence-corrected chi connectivity index (χ2v) is 4.06. The van der Waals surface area contributed by atoms with Crippen molar-refractivity contribution in [2.75, 3.05) is 0 Å². The van der Waals surface area contributed by atoms with Crippen molar-refractivity contribution >= 4 is 0 Å². The summed E-state index contributed by atoms with van der Waals surface area (Å²) in [5.41, 5.74) is 1.79. The Morgan fingerprint density at radius 2 is 2.07 bits per heavy atom. The van der Waals surface area contributed by atoms with Crippen molar-refractivity contribution in [3.8, 4) is 5.75 Å². The smallest absolute Gasteiger partial charge is 0.160 e. The van der Waals surface area contributed by atoms with Crippen LogP contribution in [0, 0.1) is 0 Å². The number of rotatable bonds is 4. The van der Waals surface area contributed by atoms with Gasteiger partial charge in [0.1, 0.15) is 5.69 Å². The lowest BCUT2D eigenvalue weighted by atomic mass is 10.1. The van der Waals surface area contributed by atoms with Gasteiger partial charge in [-0.3, -0.25) is 4.68 Å². The maximum absolute atomic E-state index is 9.92. The Balaban J connectivity index is 2.93. The van der Waals surface area contributed by atoms with E-state index in [1.165, 1.54) is 0 Å². The maximum atomic E-state index is 9.92. The molecule has 0 atom stereocenters. The van der Waals surface area contributed by atoms with E-state index in [1.807, 2.05) is 20.9 Å². The highest BCUT2D eigenvalue weighted by Crippen LogP contribution is 2.28. The van der Waals surface area contributed by atoms with Crippen molar-refractivity contribution in [3.63, 3.8) is 0 Å². The summed E-state index contributed by atoms with van der Waals surface area (Å²) in [6.07, 6.45) is 3.16. The highest BCUT2D eigenvalue weighted by molar-refractivity contribution is 5.34. The van der Waals surface area contributed by atoms with Crippen LogP contribution in [-0.4, -0.2) is 14.9 Å². The molecule has 0 radical (unpaired) electrons. The summed E-state index contributed by atoms with van der Waals surface area (Å²) < 4.78 is 1.81. The highest BCUT2D eigenvalue weighted by Gasteiger charge is 2.16. The van der Waals surface area contributed by atoms with Gasteiger partial charge in [0.2, 0.25) is 0 Å². The molecule has 0 saturated carbocycles. The van der Waals surface area contributed by atoms with Crippen LogP contribution in [0.4, 0.5) is 0 Å².